The van der Waals surface area contributed by atoms with Gasteiger partial charge in [0.25, 0.3) is 0 Å². The quantitative estimate of drug-likeness (QED) is 0.278. The third-order valence-corrected chi connectivity index (χ3v) is 5.14. The fraction of sp³-hybridized carbons (Fsp3) is 0. The lowest BCUT2D eigenvalue weighted by molar-refractivity contribution is 0.560. The molecule has 3 aromatic carbocycles. The lowest BCUT2D eigenvalue weighted by atomic mass is 10.1. The molecule has 6 nitrogen and oxygen atoms in total. The molecule has 0 spiro atoms. The summed E-state index contributed by atoms with van der Waals surface area (Å²) in [7, 11) is 0. The van der Waals surface area contributed by atoms with Crippen LogP contribution in [0.3, 0.4) is 0 Å². The van der Waals surface area contributed by atoms with Gasteiger partial charge in [-0.05, 0) is 29.0 Å². The van der Waals surface area contributed by atoms with Crippen molar-refractivity contribution in [2.24, 2.45) is 5.10 Å². The summed E-state index contributed by atoms with van der Waals surface area (Å²) in [6.07, 6.45) is 3.19. The molecular formula is C25H16N4O2. The summed E-state index contributed by atoms with van der Waals surface area (Å²) in [6.45, 7) is 0. The largest absolute Gasteiger partial charge is 0.463 e. The fourth-order valence-electron chi connectivity index (χ4n) is 3.72. The molecule has 0 aliphatic rings. The van der Waals surface area contributed by atoms with Gasteiger partial charge in [0.2, 0.25) is 0 Å². The standard InChI is InChI=1S/C25H16N4O2/c1-2-8-17(9-3-1)24-27-22-21-19-11-5-4-7-16(19)12-13-20(21)31-23(22)25(28-24)29-26-15-18-10-6-14-30-18/h1-15H,(H,27,28,29)/b26-15+. The second-order valence-electron chi connectivity index (χ2n) is 7.09. The van der Waals surface area contributed by atoms with Gasteiger partial charge in [-0.2, -0.15) is 5.10 Å². The summed E-state index contributed by atoms with van der Waals surface area (Å²) < 4.78 is 11.5. The number of rotatable bonds is 4. The smallest absolute Gasteiger partial charge is 0.197 e. The summed E-state index contributed by atoms with van der Waals surface area (Å²) in [5, 5.41) is 7.46. The first-order valence-electron chi connectivity index (χ1n) is 9.87. The lowest BCUT2D eigenvalue weighted by Crippen LogP contribution is -1.98. The number of nitrogens with zero attached hydrogens (tertiary/aromatic N) is 3. The Morgan fingerprint density at radius 1 is 0.839 bits per heavy atom. The van der Waals surface area contributed by atoms with Gasteiger partial charge >= 0.3 is 0 Å². The molecule has 0 aliphatic heterocycles. The second kappa shape index (κ2) is 7.11. The molecule has 0 saturated heterocycles. The average molecular weight is 404 g/mol. The number of anilines is 1. The molecule has 0 fully saturated rings. The molecule has 0 amide bonds. The predicted molar refractivity (Wildman–Crippen MR) is 122 cm³/mol. The first-order chi connectivity index (χ1) is 15.4. The summed E-state index contributed by atoms with van der Waals surface area (Å²) in [5.41, 5.74) is 5.98. The van der Waals surface area contributed by atoms with Crippen LogP contribution in [-0.2, 0) is 0 Å². The first-order valence-corrected chi connectivity index (χ1v) is 9.87. The minimum Gasteiger partial charge on any atom is -0.463 e. The molecule has 6 rings (SSSR count). The van der Waals surface area contributed by atoms with Crippen molar-refractivity contribution in [3.8, 4) is 11.4 Å². The van der Waals surface area contributed by atoms with Crippen molar-refractivity contribution < 1.29 is 8.83 Å². The van der Waals surface area contributed by atoms with Crippen LogP contribution in [0.1, 0.15) is 5.76 Å². The van der Waals surface area contributed by atoms with Crippen molar-refractivity contribution in [2.45, 2.75) is 0 Å². The van der Waals surface area contributed by atoms with E-state index in [1.165, 1.54) is 0 Å². The highest BCUT2D eigenvalue weighted by molar-refractivity contribution is 6.18. The van der Waals surface area contributed by atoms with Gasteiger partial charge in [0.05, 0.1) is 17.9 Å². The molecule has 1 N–H and O–H groups in total. The van der Waals surface area contributed by atoms with E-state index in [4.69, 9.17) is 18.8 Å². The van der Waals surface area contributed by atoms with E-state index >= 15 is 0 Å². The van der Waals surface area contributed by atoms with Gasteiger partial charge in [-0.3, -0.25) is 5.43 Å². The van der Waals surface area contributed by atoms with Gasteiger partial charge in [-0.1, -0.05) is 60.7 Å². The molecule has 0 radical (unpaired) electrons. The monoisotopic (exact) mass is 404 g/mol. The zero-order valence-corrected chi connectivity index (χ0v) is 16.3. The van der Waals surface area contributed by atoms with Gasteiger partial charge in [0.15, 0.2) is 17.2 Å². The number of benzene rings is 3. The Hall–Kier alpha value is -4.45. The van der Waals surface area contributed by atoms with Crippen molar-refractivity contribution in [1.82, 2.24) is 9.97 Å². The molecule has 6 aromatic rings. The lowest BCUT2D eigenvalue weighted by Gasteiger charge is -2.05. The van der Waals surface area contributed by atoms with Crippen LogP contribution in [0.2, 0.25) is 0 Å². The number of aromatic nitrogens is 2. The highest BCUT2D eigenvalue weighted by Gasteiger charge is 2.18. The zero-order valence-electron chi connectivity index (χ0n) is 16.3. The number of hydrazone groups is 1. The van der Waals surface area contributed by atoms with Crippen molar-refractivity contribution in [2.75, 3.05) is 5.43 Å². The Kier molecular flexibility index (Phi) is 3.99. The van der Waals surface area contributed by atoms with E-state index in [9.17, 15) is 0 Å². The summed E-state index contributed by atoms with van der Waals surface area (Å²) in [6, 6.07) is 25.7. The fourth-order valence-corrected chi connectivity index (χ4v) is 3.72. The van der Waals surface area contributed by atoms with Gasteiger partial charge in [-0.25, -0.2) is 9.97 Å². The second-order valence-corrected chi connectivity index (χ2v) is 7.09. The predicted octanol–water partition coefficient (Wildman–Crippen LogP) is 6.24. The molecule has 6 heteroatoms. The molecule has 0 saturated carbocycles. The van der Waals surface area contributed by atoms with Crippen LogP contribution in [0, 0.1) is 0 Å². The Labute approximate surface area is 176 Å². The van der Waals surface area contributed by atoms with Crippen LogP contribution in [0.4, 0.5) is 5.82 Å². The molecule has 31 heavy (non-hydrogen) atoms. The number of fused-ring (bicyclic) bond motifs is 5. The van der Waals surface area contributed by atoms with E-state index in [0.717, 1.165) is 32.8 Å². The maximum absolute atomic E-state index is 6.19. The van der Waals surface area contributed by atoms with Gasteiger partial charge < -0.3 is 8.83 Å². The van der Waals surface area contributed by atoms with E-state index in [-0.39, 0.29) is 0 Å². The molecule has 3 aromatic heterocycles. The van der Waals surface area contributed by atoms with Crippen molar-refractivity contribution in [1.29, 1.82) is 0 Å². The SMILES string of the molecule is C(=N\Nc1nc(-c2ccccc2)nc2c1oc1ccc3ccccc3c12)/c1ccco1. The number of hydrogen-bond donors (Lipinski definition) is 1. The van der Waals surface area contributed by atoms with Gasteiger partial charge in [-0.15, -0.1) is 0 Å². The maximum atomic E-state index is 6.19. The van der Waals surface area contributed by atoms with Crippen molar-refractivity contribution in [3.05, 3.63) is 90.9 Å². The summed E-state index contributed by atoms with van der Waals surface area (Å²) in [5.74, 6) is 1.73. The maximum Gasteiger partial charge on any atom is 0.197 e. The zero-order chi connectivity index (χ0) is 20.6. The van der Waals surface area contributed by atoms with Crippen molar-refractivity contribution >= 4 is 44.9 Å². The molecule has 148 valence electrons. The van der Waals surface area contributed by atoms with Gasteiger partial charge in [0.1, 0.15) is 16.9 Å². The molecule has 0 atom stereocenters. The van der Waals surface area contributed by atoms with E-state index < -0.39 is 0 Å². The van der Waals surface area contributed by atoms with Crippen LogP contribution in [-0.4, -0.2) is 16.2 Å². The van der Waals surface area contributed by atoms with E-state index in [2.05, 4.69) is 22.7 Å². The first kappa shape index (κ1) is 17.4. The molecule has 0 aliphatic carbocycles. The minimum atomic E-state index is 0.493. The molecule has 0 bridgehead atoms. The summed E-state index contributed by atoms with van der Waals surface area (Å²) >= 11 is 0. The van der Waals surface area contributed by atoms with Crippen LogP contribution >= 0.6 is 0 Å². The Bertz CT molecular complexity index is 1550. The van der Waals surface area contributed by atoms with E-state index in [1.54, 1.807) is 12.5 Å². The topological polar surface area (TPSA) is 76.5 Å². The Morgan fingerprint density at radius 2 is 1.71 bits per heavy atom. The number of furan rings is 2. The van der Waals surface area contributed by atoms with Crippen LogP contribution in [0.15, 0.2) is 99.1 Å². The van der Waals surface area contributed by atoms with Crippen molar-refractivity contribution in [3.63, 3.8) is 0 Å². The number of nitrogens with one attached hydrogen (secondary N) is 1. The van der Waals surface area contributed by atoms with Gasteiger partial charge in [0, 0.05) is 5.56 Å². The van der Waals surface area contributed by atoms with E-state index in [1.807, 2.05) is 66.7 Å². The molecule has 0 unspecified atom stereocenters. The third kappa shape index (κ3) is 3.02. The van der Waals surface area contributed by atoms with Crippen LogP contribution < -0.4 is 5.43 Å². The highest BCUT2D eigenvalue weighted by Crippen LogP contribution is 2.37. The van der Waals surface area contributed by atoms with E-state index in [0.29, 0.717) is 23.0 Å². The van der Waals surface area contributed by atoms with Crippen LogP contribution in [0.25, 0.3) is 44.2 Å². The minimum absolute atomic E-state index is 0.493. The summed E-state index contributed by atoms with van der Waals surface area (Å²) in [4.78, 5) is 9.59. The molecule has 3 heterocycles. The Balaban J connectivity index is 1.60. The molecular weight excluding hydrogens is 388 g/mol. The highest BCUT2D eigenvalue weighted by atomic mass is 16.3. The Morgan fingerprint density at radius 3 is 2.58 bits per heavy atom. The normalized spacial score (nSPS) is 11.7. The average Bonchev–Trinajstić information content (AvgIpc) is 3.47. The number of hydrogen-bond acceptors (Lipinski definition) is 6. The van der Waals surface area contributed by atoms with Crippen LogP contribution in [0.5, 0.6) is 0 Å². The third-order valence-electron chi connectivity index (χ3n) is 5.14.